The van der Waals surface area contributed by atoms with E-state index in [0.29, 0.717) is 5.92 Å². The number of ether oxygens (including phenoxy) is 2. The highest BCUT2D eigenvalue weighted by Crippen LogP contribution is 2.34. The first-order valence-corrected chi connectivity index (χ1v) is 14.9. The first-order chi connectivity index (χ1) is 19.4. The number of rotatable bonds is 11. The molecule has 0 spiro atoms. The maximum absolute atomic E-state index is 12.7. The van der Waals surface area contributed by atoms with E-state index in [1.165, 1.54) is 5.56 Å². The Bertz CT molecular complexity index is 1180. The molecule has 0 radical (unpaired) electrons. The number of fused-ring (bicyclic) bond motifs is 1. The van der Waals surface area contributed by atoms with Gasteiger partial charge >= 0.3 is 12.1 Å². The number of carboxylic acid groups (broad SMARTS) is 1. The molecule has 0 bridgehead atoms. The summed E-state index contributed by atoms with van der Waals surface area (Å²) in [6.07, 6.45) is 9.20. The number of amides is 1. The van der Waals surface area contributed by atoms with Crippen molar-refractivity contribution in [2.45, 2.75) is 109 Å². The van der Waals surface area contributed by atoms with E-state index in [4.69, 9.17) is 14.5 Å². The number of aliphatic carboxylic acids is 1. The molecule has 2 saturated carbocycles. The lowest BCUT2D eigenvalue weighted by Crippen LogP contribution is -2.45. The van der Waals surface area contributed by atoms with Crippen LogP contribution >= 0.6 is 0 Å². The second-order valence-electron chi connectivity index (χ2n) is 11.7. The van der Waals surface area contributed by atoms with Crippen LogP contribution in [0.1, 0.15) is 86.5 Å². The summed E-state index contributed by atoms with van der Waals surface area (Å²) in [4.78, 5) is 29.3. The number of pyridine rings is 1. The lowest BCUT2D eigenvalue weighted by atomic mass is 9.79. The van der Waals surface area contributed by atoms with Crippen LogP contribution < -0.4 is 10.6 Å². The van der Waals surface area contributed by atoms with Crippen molar-refractivity contribution in [1.82, 2.24) is 20.1 Å². The molecule has 3 N–H and O–H groups in total. The Morgan fingerprint density at radius 2 is 2.02 bits per heavy atom. The van der Waals surface area contributed by atoms with Crippen molar-refractivity contribution in [1.29, 1.82) is 0 Å². The summed E-state index contributed by atoms with van der Waals surface area (Å²) in [5.74, 6) is 0.563. The predicted molar refractivity (Wildman–Crippen MR) is 150 cm³/mol. The van der Waals surface area contributed by atoms with Crippen LogP contribution in [0, 0.1) is 19.8 Å². The smallest absolute Gasteiger partial charge is 0.408 e. The maximum atomic E-state index is 12.7. The fraction of sp³-hybridized carbons (Fsp3) is 0.667. The summed E-state index contributed by atoms with van der Waals surface area (Å²) in [5, 5.41) is 20.2. The number of hydrogen-bond acceptors (Lipinski definition) is 7. The molecular weight excluding hydrogens is 510 g/mol. The molecule has 3 heterocycles. The highest BCUT2D eigenvalue weighted by atomic mass is 16.6. The summed E-state index contributed by atoms with van der Waals surface area (Å²) in [6, 6.07) is 5.28. The van der Waals surface area contributed by atoms with Crippen LogP contribution in [0.15, 0.2) is 18.2 Å². The van der Waals surface area contributed by atoms with Crippen molar-refractivity contribution in [3.8, 4) is 0 Å². The molecule has 2 aromatic rings. The summed E-state index contributed by atoms with van der Waals surface area (Å²) < 4.78 is 13.6. The minimum atomic E-state index is -1.09. The minimum absolute atomic E-state index is 0.0360. The molecule has 10 heteroatoms. The zero-order valence-corrected chi connectivity index (χ0v) is 23.7. The molecule has 2 aliphatic carbocycles. The van der Waals surface area contributed by atoms with Crippen LogP contribution in [-0.2, 0) is 27.1 Å². The number of aromatic nitrogens is 3. The zero-order chi connectivity index (χ0) is 28.1. The number of carbonyl (C=O) groups is 2. The Hall–Kier alpha value is -3.14. The molecular formula is C30H43N5O5. The van der Waals surface area contributed by atoms with Crippen molar-refractivity contribution in [2.24, 2.45) is 5.92 Å². The number of nitrogens with zero attached hydrogens (tertiary/aromatic N) is 3. The first-order valence-electron chi connectivity index (χ1n) is 14.9. The molecule has 2 aromatic heterocycles. The van der Waals surface area contributed by atoms with E-state index in [1.54, 1.807) is 0 Å². The SMILES string of the molecule is Cc1cc(C)n([C@H]2CCCC[C@@H]2OC(=O)N[C@@H](CCOC2CC(CCc3ccc4c(n3)NCCC4)C2)C(=O)O)n1. The molecule has 1 aliphatic heterocycles. The van der Waals surface area contributed by atoms with E-state index in [2.05, 4.69) is 27.9 Å². The Balaban J connectivity index is 1.01. The number of hydrogen-bond donors (Lipinski definition) is 3. The Morgan fingerprint density at radius 1 is 1.20 bits per heavy atom. The highest BCUT2D eigenvalue weighted by molar-refractivity contribution is 5.79. The monoisotopic (exact) mass is 553 g/mol. The van der Waals surface area contributed by atoms with E-state index < -0.39 is 18.1 Å². The topological polar surface area (TPSA) is 128 Å². The van der Waals surface area contributed by atoms with Gasteiger partial charge in [0, 0.05) is 31.0 Å². The van der Waals surface area contributed by atoms with Gasteiger partial charge in [0.05, 0.1) is 17.8 Å². The number of anilines is 1. The number of nitrogens with one attached hydrogen (secondary N) is 2. The van der Waals surface area contributed by atoms with Crippen LogP contribution in [0.4, 0.5) is 10.6 Å². The van der Waals surface area contributed by atoms with Gasteiger partial charge in [-0.1, -0.05) is 12.5 Å². The average molecular weight is 554 g/mol. The zero-order valence-electron chi connectivity index (χ0n) is 23.7. The molecule has 3 atom stereocenters. The summed E-state index contributed by atoms with van der Waals surface area (Å²) >= 11 is 0. The van der Waals surface area contributed by atoms with Gasteiger partial charge in [-0.25, -0.2) is 14.6 Å². The van der Waals surface area contributed by atoms with Gasteiger partial charge in [0.2, 0.25) is 0 Å². The Labute approximate surface area is 236 Å². The Kier molecular flexibility index (Phi) is 9.24. The van der Waals surface area contributed by atoms with Crippen LogP contribution in [-0.4, -0.2) is 63.3 Å². The second kappa shape index (κ2) is 13.0. The van der Waals surface area contributed by atoms with Gasteiger partial charge in [0.1, 0.15) is 18.0 Å². The summed E-state index contributed by atoms with van der Waals surface area (Å²) in [5.41, 5.74) is 4.41. The van der Waals surface area contributed by atoms with E-state index in [-0.39, 0.29) is 31.3 Å². The number of alkyl carbamates (subject to hydrolysis) is 1. The van der Waals surface area contributed by atoms with Crippen LogP contribution in [0.3, 0.4) is 0 Å². The molecule has 0 saturated heterocycles. The fourth-order valence-electron chi connectivity index (χ4n) is 6.31. The molecule has 10 nitrogen and oxygen atoms in total. The van der Waals surface area contributed by atoms with Gasteiger partial charge in [-0.05, 0) is 95.2 Å². The fourth-order valence-corrected chi connectivity index (χ4v) is 6.31. The Morgan fingerprint density at radius 3 is 2.80 bits per heavy atom. The standard InChI is InChI=1S/C30H43N5O5/c1-19-16-20(2)35(34-19)26-7-3-4-8-27(26)40-30(38)33-25(29(36)37)13-15-39-24-17-21(18-24)9-11-23-12-10-22-6-5-14-31-28(22)32-23/h10,12,16,21,24-27H,3-9,11,13-15,17-18H2,1-2H3,(H,31,32)(H,33,38)(H,36,37)/t21?,24?,25-,26-,27-/m0/s1. The largest absolute Gasteiger partial charge is 0.480 e. The van der Waals surface area contributed by atoms with E-state index in [9.17, 15) is 14.7 Å². The van der Waals surface area contributed by atoms with Crippen LogP contribution in [0.25, 0.3) is 0 Å². The van der Waals surface area contributed by atoms with E-state index >= 15 is 0 Å². The normalized spacial score (nSPS) is 24.8. The average Bonchev–Trinajstić information content (AvgIpc) is 3.26. The van der Waals surface area contributed by atoms with Crippen molar-refractivity contribution >= 4 is 17.9 Å². The molecule has 0 aromatic carbocycles. The van der Waals surface area contributed by atoms with E-state index in [1.807, 2.05) is 24.6 Å². The van der Waals surface area contributed by atoms with Gasteiger partial charge in [0.15, 0.2) is 0 Å². The maximum Gasteiger partial charge on any atom is 0.408 e. The molecule has 5 rings (SSSR count). The highest BCUT2D eigenvalue weighted by Gasteiger charge is 2.33. The number of aryl methyl sites for hydroxylation is 4. The third kappa shape index (κ3) is 7.13. The molecule has 0 unspecified atom stereocenters. The predicted octanol–water partition coefficient (Wildman–Crippen LogP) is 4.73. The van der Waals surface area contributed by atoms with Gasteiger partial charge in [-0.2, -0.15) is 5.10 Å². The third-order valence-corrected chi connectivity index (χ3v) is 8.59. The minimum Gasteiger partial charge on any atom is -0.480 e. The van der Waals surface area contributed by atoms with Gasteiger partial charge in [-0.15, -0.1) is 0 Å². The molecule has 40 heavy (non-hydrogen) atoms. The summed E-state index contributed by atoms with van der Waals surface area (Å²) in [6.45, 7) is 5.23. The third-order valence-electron chi connectivity index (χ3n) is 8.59. The second-order valence-corrected chi connectivity index (χ2v) is 11.7. The molecule has 218 valence electrons. The van der Waals surface area contributed by atoms with E-state index in [0.717, 1.165) is 93.7 Å². The van der Waals surface area contributed by atoms with Crippen LogP contribution in [0.2, 0.25) is 0 Å². The molecule has 3 aliphatic rings. The van der Waals surface area contributed by atoms with Gasteiger partial charge in [0.25, 0.3) is 0 Å². The first kappa shape index (κ1) is 28.4. The quantitative estimate of drug-likeness (QED) is 0.364. The van der Waals surface area contributed by atoms with Crippen LogP contribution in [0.5, 0.6) is 0 Å². The van der Waals surface area contributed by atoms with Crippen molar-refractivity contribution in [2.75, 3.05) is 18.5 Å². The lowest BCUT2D eigenvalue weighted by molar-refractivity contribution is -0.140. The molecule has 2 fully saturated rings. The van der Waals surface area contributed by atoms with Gasteiger partial charge in [-0.3, -0.25) is 4.68 Å². The van der Waals surface area contributed by atoms with Crippen molar-refractivity contribution in [3.63, 3.8) is 0 Å². The summed E-state index contributed by atoms with van der Waals surface area (Å²) in [7, 11) is 0. The van der Waals surface area contributed by atoms with Crippen molar-refractivity contribution < 1.29 is 24.2 Å². The lowest BCUT2D eigenvalue weighted by Gasteiger charge is -2.35. The number of carbonyl (C=O) groups excluding carboxylic acids is 1. The van der Waals surface area contributed by atoms with Crippen molar-refractivity contribution in [3.05, 3.63) is 40.8 Å². The molecule has 1 amide bonds. The number of carboxylic acids is 1. The van der Waals surface area contributed by atoms with Gasteiger partial charge < -0.3 is 25.2 Å².